The number of hydrogen-bond acceptors (Lipinski definition) is 6. The van der Waals surface area contributed by atoms with Gasteiger partial charge in [-0.3, -0.25) is 0 Å². The lowest BCUT2D eigenvalue weighted by Crippen LogP contribution is -2.40. The maximum atomic E-state index is 13.6. The molecule has 0 spiro atoms. The number of rotatable bonds is 8. The molecule has 3 aliphatic rings. The molecule has 1 saturated heterocycles. The number of nitrogens with one attached hydrogen (secondary N) is 1. The molecule has 2 aromatic heterocycles. The van der Waals surface area contributed by atoms with Crippen molar-refractivity contribution in [2.75, 3.05) is 32.1 Å². The second-order valence-electron chi connectivity index (χ2n) is 11.8. The van der Waals surface area contributed by atoms with Crippen molar-refractivity contribution in [1.29, 1.82) is 0 Å². The van der Waals surface area contributed by atoms with Gasteiger partial charge in [0.2, 0.25) is 5.95 Å². The van der Waals surface area contributed by atoms with E-state index in [1.165, 1.54) is 11.3 Å². The van der Waals surface area contributed by atoms with Crippen LogP contribution >= 0.6 is 0 Å². The highest BCUT2D eigenvalue weighted by atomic mass is 19.3. The third kappa shape index (κ3) is 5.98. The Bertz CT molecular complexity index is 1100. The Morgan fingerprint density at radius 3 is 2.45 bits per heavy atom. The molecule has 0 aromatic carbocycles. The van der Waals surface area contributed by atoms with Gasteiger partial charge >= 0.3 is 0 Å². The number of hydrogen-bond donors (Lipinski definition) is 2. The molecule has 0 unspecified atom stereocenters. The minimum Gasteiger partial charge on any atom is -0.393 e. The molecule has 9 heteroatoms. The Labute approximate surface area is 224 Å². The van der Waals surface area contributed by atoms with Gasteiger partial charge in [-0.25, -0.2) is 18.3 Å². The average Bonchev–Trinajstić information content (AvgIpc) is 3.28. The van der Waals surface area contributed by atoms with Gasteiger partial charge in [-0.1, -0.05) is 6.58 Å². The van der Waals surface area contributed by atoms with E-state index < -0.39 is 5.92 Å². The molecular weight excluding hydrogens is 488 g/mol. The van der Waals surface area contributed by atoms with Crippen LogP contribution in [-0.2, 0) is 4.74 Å². The first-order valence-corrected chi connectivity index (χ1v) is 14.4. The summed E-state index contributed by atoms with van der Waals surface area (Å²) in [7, 11) is 1.69. The van der Waals surface area contributed by atoms with Crippen LogP contribution in [0.1, 0.15) is 94.2 Å². The topological polar surface area (TPSA) is 74.9 Å². The largest absolute Gasteiger partial charge is 0.393 e. The lowest BCUT2D eigenvalue weighted by molar-refractivity contribution is -0.0508. The minimum atomic E-state index is -2.53. The van der Waals surface area contributed by atoms with Crippen molar-refractivity contribution in [2.45, 2.75) is 101 Å². The summed E-state index contributed by atoms with van der Waals surface area (Å²) in [6.45, 7) is 7.77. The summed E-state index contributed by atoms with van der Waals surface area (Å²) in [5.74, 6) is -0.795. The van der Waals surface area contributed by atoms with E-state index in [1.807, 2.05) is 13.1 Å². The van der Waals surface area contributed by atoms with Gasteiger partial charge in [0, 0.05) is 56.4 Å². The van der Waals surface area contributed by atoms with E-state index in [9.17, 15) is 13.9 Å². The zero-order valence-electron chi connectivity index (χ0n) is 22.8. The zero-order valence-corrected chi connectivity index (χ0v) is 22.8. The first-order chi connectivity index (χ1) is 18.2. The molecule has 38 heavy (non-hydrogen) atoms. The van der Waals surface area contributed by atoms with Gasteiger partial charge in [0.25, 0.3) is 5.92 Å². The molecule has 2 aromatic rings. The number of ether oxygens (including phenoxy) is 1. The number of fused-ring (bicyclic) bond motifs is 1. The number of aliphatic hydroxyl groups excluding tert-OH is 1. The van der Waals surface area contributed by atoms with Crippen LogP contribution < -0.4 is 5.32 Å². The maximum absolute atomic E-state index is 13.6. The van der Waals surface area contributed by atoms with Gasteiger partial charge in [0.05, 0.1) is 24.4 Å². The summed E-state index contributed by atoms with van der Waals surface area (Å²) in [4.78, 5) is 6.75. The van der Waals surface area contributed by atoms with E-state index in [-0.39, 0.29) is 25.0 Å². The molecule has 2 N–H and O–H groups in total. The van der Waals surface area contributed by atoms with Crippen LogP contribution in [0.5, 0.6) is 0 Å². The Balaban J connectivity index is 1.33. The van der Waals surface area contributed by atoms with E-state index in [1.54, 1.807) is 7.11 Å². The van der Waals surface area contributed by atoms with Gasteiger partial charge in [-0.2, -0.15) is 0 Å². The Hall–Kier alpha value is -2.26. The predicted molar refractivity (Wildman–Crippen MR) is 145 cm³/mol. The first kappa shape index (κ1) is 27.3. The molecule has 1 atom stereocenters. The molecule has 2 aliphatic carbocycles. The highest BCUT2D eigenvalue weighted by molar-refractivity contribution is 5.58. The van der Waals surface area contributed by atoms with E-state index >= 15 is 0 Å². The second kappa shape index (κ2) is 11.5. The summed E-state index contributed by atoms with van der Waals surface area (Å²) in [6.07, 6.45) is 9.30. The molecule has 0 radical (unpaired) electrons. The van der Waals surface area contributed by atoms with E-state index in [0.29, 0.717) is 43.4 Å². The quantitative estimate of drug-likeness (QED) is 0.454. The normalized spacial score (nSPS) is 28.8. The van der Waals surface area contributed by atoms with Crippen LogP contribution in [0.25, 0.3) is 5.52 Å². The number of alkyl halides is 2. The summed E-state index contributed by atoms with van der Waals surface area (Å²) in [5, 5.41) is 18.3. The van der Waals surface area contributed by atoms with Crippen LogP contribution in [0.2, 0.25) is 0 Å². The molecular formula is C29H43F2N5O2. The van der Waals surface area contributed by atoms with Crippen LogP contribution in [0.4, 0.5) is 14.7 Å². The number of piperidine rings is 1. The lowest BCUT2D eigenvalue weighted by Gasteiger charge is -2.39. The van der Waals surface area contributed by atoms with Crippen LogP contribution in [0.15, 0.2) is 24.5 Å². The number of allylic oxidation sites excluding steroid dienone is 1. The van der Waals surface area contributed by atoms with Gasteiger partial charge < -0.3 is 20.1 Å². The minimum absolute atomic E-state index is 0.0693. The fraction of sp³-hybridized carbons (Fsp3) is 0.724. The molecule has 5 rings (SSSR count). The van der Waals surface area contributed by atoms with Gasteiger partial charge in [-0.05, 0) is 81.8 Å². The summed E-state index contributed by atoms with van der Waals surface area (Å²) < 4.78 is 34.6. The summed E-state index contributed by atoms with van der Waals surface area (Å²) in [6, 6.07) is 2.44. The molecule has 3 fully saturated rings. The van der Waals surface area contributed by atoms with Gasteiger partial charge in [-0.15, -0.1) is 5.10 Å². The van der Waals surface area contributed by atoms with Crippen LogP contribution in [0.3, 0.4) is 0 Å². The Kier molecular flexibility index (Phi) is 8.24. The molecule has 7 nitrogen and oxygen atoms in total. The predicted octanol–water partition coefficient (Wildman–Crippen LogP) is 5.71. The SMILES string of the molecule is C=C(C1CCC(c2cc(C3CCC(O)CC3)n3nc(N[C@@H](C)COC)ncc23)CC1)N1CCC(F)(F)CC1. The van der Waals surface area contributed by atoms with Crippen molar-refractivity contribution < 1.29 is 18.6 Å². The van der Waals surface area contributed by atoms with Crippen molar-refractivity contribution in [2.24, 2.45) is 5.92 Å². The van der Waals surface area contributed by atoms with Crippen molar-refractivity contribution in [3.63, 3.8) is 0 Å². The fourth-order valence-electron chi connectivity index (χ4n) is 6.72. The monoisotopic (exact) mass is 531 g/mol. The smallest absolute Gasteiger partial charge is 0.251 e. The first-order valence-electron chi connectivity index (χ1n) is 14.4. The van der Waals surface area contributed by atoms with Gasteiger partial charge in [0.15, 0.2) is 0 Å². The van der Waals surface area contributed by atoms with Crippen molar-refractivity contribution in [3.8, 4) is 0 Å². The fourth-order valence-corrected chi connectivity index (χ4v) is 6.72. The van der Waals surface area contributed by atoms with Crippen LogP contribution in [0, 0.1) is 5.92 Å². The Morgan fingerprint density at radius 2 is 1.79 bits per heavy atom. The highest BCUT2D eigenvalue weighted by Gasteiger charge is 2.36. The average molecular weight is 532 g/mol. The number of halogens is 2. The standard InChI is InChI=1S/C29H43F2N5O2/c1-19(18-38-3)33-28-32-17-27-25(16-26(36(27)34-28)23-8-10-24(37)11-9-23)22-6-4-21(5-7-22)20(2)35-14-12-29(30,31)13-15-35/h16-17,19,21-24,37H,2,4-15,18H2,1,3H3,(H,33,34)/t19-,21?,22?,23?,24?/m0/s1. The number of aliphatic hydroxyl groups is 1. The molecule has 210 valence electrons. The maximum Gasteiger partial charge on any atom is 0.251 e. The number of anilines is 1. The van der Waals surface area contributed by atoms with E-state index in [0.717, 1.165) is 62.6 Å². The van der Waals surface area contributed by atoms with E-state index in [2.05, 4.69) is 32.4 Å². The third-order valence-electron chi connectivity index (χ3n) is 9.02. The highest BCUT2D eigenvalue weighted by Crippen LogP contribution is 2.44. The number of aromatic nitrogens is 3. The molecule has 0 bridgehead atoms. The van der Waals surface area contributed by atoms with Crippen molar-refractivity contribution in [1.82, 2.24) is 19.5 Å². The zero-order chi connectivity index (χ0) is 26.9. The molecule has 2 saturated carbocycles. The van der Waals surface area contributed by atoms with Crippen molar-refractivity contribution >= 4 is 11.5 Å². The molecule has 0 amide bonds. The summed E-state index contributed by atoms with van der Waals surface area (Å²) >= 11 is 0. The van der Waals surface area contributed by atoms with Gasteiger partial charge in [0.1, 0.15) is 0 Å². The number of methoxy groups -OCH3 is 1. The molecule has 3 heterocycles. The third-order valence-corrected chi connectivity index (χ3v) is 9.02. The summed E-state index contributed by atoms with van der Waals surface area (Å²) in [5.41, 5.74) is 4.64. The van der Waals surface area contributed by atoms with Crippen LogP contribution in [-0.4, -0.2) is 69.5 Å². The number of nitrogens with zero attached hydrogens (tertiary/aromatic N) is 4. The van der Waals surface area contributed by atoms with Crippen molar-refractivity contribution in [3.05, 3.63) is 35.8 Å². The molecule has 1 aliphatic heterocycles. The van der Waals surface area contributed by atoms with E-state index in [4.69, 9.17) is 9.84 Å². The lowest BCUT2D eigenvalue weighted by atomic mass is 9.77. The Morgan fingerprint density at radius 1 is 1.13 bits per heavy atom. The second-order valence-corrected chi connectivity index (χ2v) is 11.8. The number of likely N-dealkylation sites (tertiary alicyclic amines) is 1.